The van der Waals surface area contributed by atoms with Crippen LogP contribution in [0.1, 0.15) is 52.4 Å². The maximum atomic E-state index is 3.52. The third kappa shape index (κ3) is 10.3. The first kappa shape index (κ1) is 19.5. The van der Waals surface area contributed by atoms with E-state index in [9.17, 15) is 0 Å². The highest BCUT2D eigenvalue weighted by Gasteiger charge is 2.19. The lowest BCUT2D eigenvalue weighted by molar-refractivity contribution is -0.910. The Bertz CT molecular complexity index is 134. The molecule has 0 atom stereocenters. The minimum absolute atomic E-state index is 0. The number of hydrogen-bond acceptors (Lipinski definition) is 0. The van der Waals surface area contributed by atoms with Crippen molar-refractivity contribution in [2.75, 3.05) is 32.0 Å². The van der Waals surface area contributed by atoms with Crippen molar-refractivity contribution in [1.29, 1.82) is 0 Å². The third-order valence-electron chi connectivity index (χ3n) is 3.18. The maximum absolute atomic E-state index is 3.52. The molecule has 3 heteroatoms. The van der Waals surface area contributed by atoms with Gasteiger partial charge in [-0.2, -0.15) is 0 Å². The van der Waals surface area contributed by atoms with Gasteiger partial charge < -0.3 is 28.5 Å². The van der Waals surface area contributed by atoms with E-state index in [2.05, 4.69) is 36.8 Å². The Morgan fingerprint density at radius 3 is 1.62 bits per heavy atom. The molecule has 0 N–H and O–H groups in total. The summed E-state index contributed by atoms with van der Waals surface area (Å²) in [6.45, 7) is 8.70. The molecule has 0 aromatic heterocycles. The molecule has 0 fully saturated rings. The summed E-state index contributed by atoms with van der Waals surface area (Å²) in [6, 6.07) is 0. The van der Waals surface area contributed by atoms with Gasteiger partial charge >= 0.3 is 0 Å². The van der Waals surface area contributed by atoms with Crippen molar-refractivity contribution in [3.05, 3.63) is 0 Å². The van der Waals surface area contributed by atoms with Crippen molar-refractivity contribution in [1.82, 2.24) is 0 Å². The summed E-state index contributed by atoms with van der Waals surface area (Å²) in [5.74, 6) is 0. The van der Waals surface area contributed by atoms with Crippen LogP contribution in [0.15, 0.2) is 0 Å². The second-order valence-electron chi connectivity index (χ2n) is 4.89. The highest BCUT2D eigenvalue weighted by Crippen LogP contribution is 2.11. The highest BCUT2D eigenvalue weighted by molar-refractivity contribution is 9.09. The van der Waals surface area contributed by atoms with Gasteiger partial charge in [0.05, 0.1) is 26.7 Å². The van der Waals surface area contributed by atoms with Crippen LogP contribution in [-0.4, -0.2) is 36.5 Å². The zero-order valence-corrected chi connectivity index (χ0v) is 15.0. The summed E-state index contributed by atoms with van der Waals surface area (Å²) >= 11 is 3.52. The molecule has 0 saturated carbocycles. The van der Waals surface area contributed by atoms with Crippen LogP contribution in [0.5, 0.6) is 0 Å². The third-order valence-corrected chi connectivity index (χ3v) is 3.75. The Morgan fingerprint density at radius 2 is 1.25 bits per heavy atom. The molecule has 16 heavy (non-hydrogen) atoms. The summed E-state index contributed by atoms with van der Waals surface area (Å²) in [5.41, 5.74) is 0. The Hall–Kier alpha value is 1.17. The molecule has 0 radical (unpaired) electrons. The Labute approximate surface area is 128 Å². The van der Waals surface area contributed by atoms with E-state index in [0.717, 1.165) is 5.33 Å². The van der Waals surface area contributed by atoms with Gasteiger partial charge in [-0.3, -0.25) is 0 Å². The van der Waals surface area contributed by atoms with Gasteiger partial charge in [0.1, 0.15) is 0 Å². The van der Waals surface area contributed by atoms with Gasteiger partial charge in [0.2, 0.25) is 0 Å². The molecule has 1 nitrogen and oxygen atoms in total. The molecule has 0 aliphatic heterocycles. The molecule has 0 aliphatic rings. The molecule has 100 valence electrons. The first-order valence-electron chi connectivity index (χ1n) is 6.58. The minimum atomic E-state index is 0. The number of nitrogens with zero attached hydrogens (tertiary/aromatic N) is 1. The molecule has 0 aromatic carbocycles. The number of alkyl halides is 1. The van der Waals surface area contributed by atoms with Crippen molar-refractivity contribution in [3.8, 4) is 0 Å². The summed E-state index contributed by atoms with van der Waals surface area (Å²) in [5, 5.41) is 1.16. The van der Waals surface area contributed by atoms with E-state index in [1.807, 2.05) is 0 Å². The molecule has 0 bridgehead atoms. The largest absolute Gasteiger partial charge is 1.00 e. The van der Waals surface area contributed by atoms with Gasteiger partial charge in [0.15, 0.2) is 0 Å². The molecule has 0 rings (SSSR count). The second kappa shape index (κ2) is 12.6. The van der Waals surface area contributed by atoms with Gasteiger partial charge in [0, 0.05) is 5.33 Å². The number of halogens is 2. The predicted octanol–water partition coefficient (Wildman–Crippen LogP) is 1.21. The maximum Gasteiger partial charge on any atom is 0.0784 e. The monoisotopic (exact) mass is 405 g/mol. The standard InChI is InChI=1S/C13H29BrN.HI/c1-4-6-11-15(3,12-7-5-2)13-9-8-10-14;/h4-13H2,1-3H3;1H/q+1;/p-1. The molecular formula is C13H29BrIN. The van der Waals surface area contributed by atoms with Gasteiger partial charge in [0.25, 0.3) is 0 Å². The van der Waals surface area contributed by atoms with Crippen LogP contribution < -0.4 is 24.0 Å². The number of rotatable bonds is 10. The summed E-state index contributed by atoms with van der Waals surface area (Å²) < 4.78 is 1.30. The predicted molar refractivity (Wildman–Crippen MR) is 73.6 cm³/mol. The van der Waals surface area contributed by atoms with Crippen LogP contribution in [-0.2, 0) is 0 Å². The van der Waals surface area contributed by atoms with Crippen molar-refractivity contribution < 1.29 is 28.5 Å². The lowest BCUT2D eigenvalue weighted by Crippen LogP contribution is -3.00. The van der Waals surface area contributed by atoms with E-state index in [-0.39, 0.29) is 24.0 Å². The normalized spacial score (nSPS) is 11.2. The van der Waals surface area contributed by atoms with Crippen molar-refractivity contribution in [2.24, 2.45) is 0 Å². The van der Waals surface area contributed by atoms with Crippen LogP contribution in [0, 0.1) is 0 Å². The van der Waals surface area contributed by atoms with Gasteiger partial charge in [-0.1, -0.05) is 42.6 Å². The van der Waals surface area contributed by atoms with E-state index >= 15 is 0 Å². The summed E-state index contributed by atoms with van der Waals surface area (Å²) in [4.78, 5) is 0. The molecule has 0 aromatic rings. The number of quaternary nitrogens is 1. The zero-order valence-electron chi connectivity index (χ0n) is 11.3. The number of unbranched alkanes of at least 4 members (excludes halogenated alkanes) is 3. The molecular weight excluding hydrogens is 377 g/mol. The molecule has 0 spiro atoms. The van der Waals surface area contributed by atoms with Crippen molar-refractivity contribution >= 4 is 15.9 Å². The second-order valence-corrected chi connectivity index (χ2v) is 5.69. The van der Waals surface area contributed by atoms with E-state index in [0.29, 0.717) is 0 Å². The van der Waals surface area contributed by atoms with Gasteiger partial charge in [-0.15, -0.1) is 0 Å². The van der Waals surface area contributed by atoms with Crippen LogP contribution >= 0.6 is 15.9 Å². The fourth-order valence-corrected chi connectivity index (χ4v) is 2.40. The van der Waals surface area contributed by atoms with Crippen LogP contribution in [0.2, 0.25) is 0 Å². The van der Waals surface area contributed by atoms with Crippen LogP contribution in [0.4, 0.5) is 0 Å². The average molecular weight is 406 g/mol. The molecule has 0 aliphatic carbocycles. The van der Waals surface area contributed by atoms with Crippen LogP contribution in [0.3, 0.4) is 0 Å². The Morgan fingerprint density at radius 1 is 0.812 bits per heavy atom. The first-order chi connectivity index (χ1) is 7.18. The summed E-state index contributed by atoms with van der Waals surface area (Å²) in [7, 11) is 2.44. The zero-order chi connectivity index (χ0) is 11.6. The van der Waals surface area contributed by atoms with Crippen LogP contribution in [0.25, 0.3) is 0 Å². The smallest absolute Gasteiger partial charge is 0.0784 e. The van der Waals surface area contributed by atoms with E-state index in [1.165, 1.54) is 62.6 Å². The fraction of sp³-hybridized carbons (Fsp3) is 1.00. The topological polar surface area (TPSA) is 0 Å². The molecule has 0 saturated heterocycles. The van der Waals surface area contributed by atoms with E-state index < -0.39 is 0 Å². The molecule has 0 heterocycles. The van der Waals surface area contributed by atoms with Gasteiger partial charge in [-0.25, -0.2) is 0 Å². The van der Waals surface area contributed by atoms with E-state index in [4.69, 9.17) is 0 Å². The highest BCUT2D eigenvalue weighted by atomic mass is 127. The molecule has 0 unspecified atom stereocenters. The molecule has 0 amide bonds. The van der Waals surface area contributed by atoms with E-state index in [1.54, 1.807) is 0 Å². The average Bonchev–Trinajstić information content (AvgIpc) is 2.24. The summed E-state index contributed by atoms with van der Waals surface area (Å²) in [6.07, 6.45) is 8.13. The lowest BCUT2D eigenvalue weighted by Gasteiger charge is -2.34. The lowest BCUT2D eigenvalue weighted by atomic mass is 10.2. The Balaban J connectivity index is 0. The minimum Gasteiger partial charge on any atom is -1.00 e. The first-order valence-corrected chi connectivity index (χ1v) is 7.70. The van der Waals surface area contributed by atoms with Crippen molar-refractivity contribution in [2.45, 2.75) is 52.4 Å². The quantitative estimate of drug-likeness (QED) is 0.222. The SMILES string of the molecule is CCCC[N+](C)(CCCC)CCCCBr.[I-]. The number of hydrogen-bond donors (Lipinski definition) is 0. The Kier molecular flexibility index (Phi) is 15.4. The fourth-order valence-electron chi connectivity index (χ4n) is 2.00. The van der Waals surface area contributed by atoms with Gasteiger partial charge in [-0.05, 0) is 25.7 Å². The van der Waals surface area contributed by atoms with Crippen molar-refractivity contribution in [3.63, 3.8) is 0 Å².